The molecule has 0 bridgehead atoms. The van der Waals surface area contributed by atoms with Crippen molar-refractivity contribution in [1.82, 2.24) is 0 Å². The van der Waals surface area contributed by atoms with Gasteiger partial charge in [-0.15, -0.1) is 0 Å². The van der Waals surface area contributed by atoms with Crippen LogP contribution in [0.3, 0.4) is 0 Å². The molecule has 2 N–H and O–H groups in total. The molecule has 0 saturated carbocycles. The maximum atomic E-state index is 9.65. The Morgan fingerprint density at radius 2 is 1.86 bits per heavy atom. The van der Waals surface area contributed by atoms with E-state index in [0.717, 1.165) is 0 Å². The Bertz CT molecular complexity index is 286. The van der Waals surface area contributed by atoms with Gasteiger partial charge in [-0.25, -0.2) is 0 Å². The summed E-state index contributed by atoms with van der Waals surface area (Å²) in [5.41, 5.74) is 3.06. The van der Waals surface area contributed by atoms with Gasteiger partial charge in [-0.2, -0.15) is 0 Å². The number of carbonyl (C=O) groups is 1. The minimum absolute atomic E-state index is 0.0354. The average molecular weight is 194 g/mol. The fourth-order valence-electron chi connectivity index (χ4n) is 1.07. The molecular formula is C11H14O3. The molecule has 0 heterocycles. The largest absolute Gasteiger partial charge is 0.481 e. The van der Waals surface area contributed by atoms with E-state index in [2.05, 4.69) is 24.3 Å². The summed E-state index contributed by atoms with van der Waals surface area (Å²) in [6.45, 7) is -0.0354. The number of aliphatic hydroxyl groups is 1. The first-order valence-electron chi connectivity index (χ1n) is 4.63. The van der Waals surface area contributed by atoms with Gasteiger partial charge in [0, 0.05) is 13.0 Å². The molecule has 0 spiro atoms. The van der Waals surface area contributed by atoms with Crippen molar-refractivity contribution >= 4 is 5.97 Å². The zero-order valence-electron chi connectivity index (χ0n) is 7.94. The molecule has 0 aliphatic heterocycles. The summed E-state index contributed by atoms with van der Waals surface area (Å²) in [6.07, 6.45) is 1.67. The number of benzene rings is 1. The Labute approximate surface area is 83.0 Å². The third kappa shape index (κ3) is 4.05. The van der Waals surface area contributed by atoms with Crippen LogP contribution in [0.25, 0.3) is 0 Å². The molecule has 0 radical (unpaired) electrons. The average Bonchev–Trinajstić information content (AvgIpc) is 2.94. The first kappa shape index (κ1) is 10.7. The van der Waals surface area contributed by atoms with Crippen molar-refractivity contribution in [3.05, 3.63) is 35.4 Å². The molecule has 0 aromatic heterocycles. The Morgan fingerprint density at radius 3 is 2.14 bits per heavy atom. The number of aliphatic carboxylic acids is 1. The molecule has 3 nitrogen and oxygen atoms in total. The highest BCUT2D eigenvalue weighted by Gasteiger charge is 2.12. The number of hydrogen-bond acceptors (Lipinski definition) is 2. The van der Waals surface area contributed by atoms with Crippen LogP contribution >= 0.6 is 0 Å². The van der Waals surface area contributed by atoms with Crippen molar-refractivity contribution in [2.75, 3.05) is 6.61 Å². The van der Waals surface area contributed by atoms with Crippen molar-refractivity contribution in [2.24, 2.45) is 0 Å². The Balaban J connectivity index is 0.000000140. The summed E-state index contributed by atoms with van der Waals surface area (Å²) in [7, 11) is 0. The van der Waals surface area contributed by atoms with Gasteiger partial charge in [0.05, 0.1) is 0 Å². The van der Waals surface area contributed by atoms with Gasteiger partial charge in [-0.3, -0.25) is 4.79 Å². The van der Waals surface area contributed by atoms with Gasteiger partial charge in [-0.05, 0) is 24.0 Å². The first-order valence-corrected chi connectivity index (χ1v) is 4.63. The third-order valence-electron chi connectivity index (χ3n) is 1.92. The highest BCUT2D eigenvalue weighted by atomic mass is 16.4. The van der Waals surface area contributed by atoms with E-state index in [0.29, 0.717) is 6.42 Å². The second-order valence-corrected chi connectivity index (χ2v) is 3.17. The van der Waals surface area contributed by atoms with Gasteiger partial charge >= 0.3 is 5.97 Å². The standard InChI is InChI=1S/C7H6.C4H8O3/c1-2-4-7-5-6(7)3-1;5-3-1-2-4(6)7/h1-4H,5H2;5H,1-3H2,(H,6,7). The van der Waals surface area contributed by atoms with Gasteiger partial charge in [-0.1, -0.05) is 24.3 Å². The molecular weight excluding hydrogens is 180 g/mol. The van der Waals surface area contributed by atoms with E-state index < -0.39 is 5.97 Å². The SMILES string of the molecule is O=C(O)CCCO.c1ccc2c(c1)C2. The molecule has 14 heavy (non-hydrogen) atoms. The monoisotopic (exact) mass is 194 g/mol. The molecule has 1 aromatic carbocycles. The minimum atomic E-state index is -0.853. The lowest BCUT2D eigenvalue weighted by Crippen LogP contribution is -1.95. The second-order valence-electron chi connectivity index (χ2n) is 3.17. The molecule has 0 unspecified atom stereocenters. The number of carboxylic acid groups (broad SMARTS) is 1. The van der Waals surface area contributed by atoms with Crippen LogP contribution < -0.4 is 0 Å². The molecule has 76 valence electrons. The summed E-state index contributed by atoms with van der Waals surface area (Å²) in [4.78, 5) is 9.65. The molecule has 2 rings (SSSR count). The van der Waals surface area contributed by atoms with E-state index >= 15 is 0 Å². The fraction of sp³-hybridized carbons (Fsp3) is 0.364. The summed E-state index contributed by atoms with van der Waals surface area (Å²) in [5, 5.41) is 16.0. The number of rotatable bonds is 3. The predicted octanol–water partition coefficient (Wildman–Crippen LogP) is 1.43. The summed E-state index contributed by atoms with van der Waals surface area (Å²) >= 11 is 0. The summed E-state index contributed by atoms with van der Waals surface area (Å²) in [6, 6.07) is 8.53. The Morgan fingerprint density at radius 1 is 1.29 bits per heavy atom. The first-order chi connectivity index (χ1) is 6.74. The predicted molar refractivity (Wildman–Crippen MR) is 53.2 cm³/mol. The van der Waals surface area contributed by atoms with Crippen molar-refractivity contribution < 1.29 is 15.0 Å². The zero-order chi connectivity index (χ0) is 10.4. The molecule has 1 aliphatic carbocycles. The van der Waals surface area contributed by atoms with Crippen molar-refractivity contribution in [1.29, 1.82) is 0 Å². The maximum absolute atomic E-state index is 9.65. The van der Waals surface area contributed by atoms with E-state index in [1.54, 1.807) is 0 Å². The molecule has 0 saturated heterocycles. The zero-order valence-corrected chi connectivity index (χ0v) is 7.94. The lowest BCUT2D eigenvalue weighted by molar-refractivity contribution is -0.137. The quantitative estimate of drug-likeness (QED) is 0.777. The van der Waals surface area contributed by atoms with Crippen LogP contribution in [-0.4, -0.2) is 22.8 Å². The number of carboxylic acids is 1. The number of hydrogen-bond donors (Lipinski definition) is 2. The van der Waals surface area contributed by atoms with E-state index in [-0.39, 0.29) is 13.0 Å². The van der Waals surface area contributed by atoms with Crippen molar-refractivity contribution in [3.8, 4) is 0 Å². The van der Waals surface area contributed by atoms with Crippen LogP contribution in [0.15, 0.2) is 24.3 Å². The van der Waals surface area contributed by atoms with E-state index in [1.807, 2.05) is 0 Å². The summed E-state index contributed by atoms with van der Waals surface area (Å²) < 4.78 is 0. The van der Waals surface area contributed by atoms with Gasteiger partial charge in [0.15, 0.2) is 0 Å². The molecule has 1 aromatic rings. The molecule has 3 heteroatoms. The van der Waals surface area contributed by atoms with Crippen LogP contribution in [0.2, 0.25) is 0 Å². The lowest BCUT2D eigenvalue weighted by atomic mass is 10.3. The van der Waals surface area contributed by atoms with Gasteiger partial charge in [0.1, 0.15) is 0 Å². The van der Waals surface area contributed by atoms with Crippen LogP contribution in [0.4, 0.5) is 0 Å². The second kappa shape index (κ2) is 5.40. The van der Waals surface area contributed by atoms with Gasteiger partial charge in [0.2, 0.25) is 0 Å². The summed E-state index contributed by atoms with van der Waals surface area (Å²) in [5.74, 6) is -0.853. The molecule has 0 fully saturated rings. The van der Waals surface area contributed by atoms with Crippen LogP contribution in [0.5, 0.6) is 0 Å². The number of fused-ring (bicyclic) bond motifs is 1. The topological polar surface area (TPSA) is 57.5 Å². The van der Waals surface area contributed by atoms with Crippen molar-refractivity contribution in [3.63, 3.8) is 0 Å². The molecule has 1 aliphatic rings. The van der Waals surface area contributed by atoms with Gasteiger partial charge in [0.25, 0.3) is 0 Å². The highest BCUT2D eigenvalue weighted by molar-refractivity contribution is 5.66. The Hall–Kier alpha value is -1.35. The third-order valence-corrected chi connectivity index (χ3v) is 1.92. The van der Waals surface area contributed by atoms with Crippen molar-refractivity contribution in [2.45, 2.75) is 19.3 Å². The minimum Gasteiger partial charge on any atom is -0.481 e. The van der Waals surface area contributed by atoms with Crippen LogP contribution in [-0.2, 0) is 11.2 Å². The van der Waals surface area contributed by atoms with Crippen LogP contribution in [0, 0.1) is 0 Å². The smallest absolute Gasteiger partial charge is 0.303 e. The van der Waals surface area contributed by atoms with Gasteiger partial charge < -0.3 is 10.2 Å². The highest BCUT2D eigenvalue weighted by Crippen LogP contribution is 2.25. The van der Waals surface area contributed by atoms with E-state index in [4.69, 9.17) is 10.2 Å². The van der Waals surface area contributed by atoms with E-state index in [9.17, 15) is 4.79 Å². The fourth-order valence-corrected chi connectivity index (χ4v) is 1.07. The Kier molecular flexibility index (Phi) is 4.13. The van der Waals surface area contributed by atoms with E-state index in [1.165, 1.54) is 17.5 Å². The molecule has 0 amide bonds. The molecule has 0 atom stereocenters. The number of aliphatic hydroxyl groups excluding tert-OH is 1. The maximum Gasteiger partial charge on any atom is 0.303 e. The lowest BCUT2D eigenvalue weighted by Gasteiger charge is -1.85. The van der Waals surface area contributed by atoms with Crippen LogP contribution in [0.1, 0.15) is 24.0 Å². The normalized spacial score (nSPS) is 10.9.